The van der Waals surface area contributed by atoms with Crippen molar-refractivity contribution < 1.29 is 4.74 Å². The van der Waals surface area contributed by atoms with Crippen molar-refractivity contribution in [1.29, 1.82) is 0 Å². The summed E-state index contributed by atoms with van der Waals surface area (Å²) in [6.07, 6.45) is 15.7. The van der Waals surface area contributed by atoms with Gasteiger partial charge in [0.25, 0.3) is 0 Å². The Morgan fingerprint density at radius 1 is 1.29 bits per heavy atom. The van der Waals surface area contributed by atoms with E-state index < -0.39 is 0 Å². The second-order valence-electron chi connectivity index (χ2n) is 7.15. The van der Waals surface area contributed by atoms with Crippen LogP contribution < -0.4 is 5.32 Å². The first-order valence-corrected chi connectivity index (χ1v) is 9.22. The summed E-state index contributed by atoms with van der Waals surface area (Å²) in [6, 6.07) is 0.415. The predicted molar refractivity (Wildman–Crippen MR) is 90.6 cm³/mol. The van der Waals surface area contributed by atoms with Crippen molar-refractivity contribution in [2.75, 3.05) is 13.7 Å². The summed E-state index contributed by atoms with van der Waals surface area (Å²) >= 11 is 0. The lowest BCUT2D eigenvalue weighted by Crippen LogP contribution is -2.55. The Labute approximate surface area is 131 Å². The molecule has 2 aliphatic carbocycles. The molecule has 1 N–H and O–H groups in total. The van der Waals surface area contributed by atoms with Crippen LogP contribution in [-0.2, 0) is 4.74 Å². The van der Waals surface area contributed by atoms with Crippen LogP contribution in [0.5, 0.6) is 0 Å². The van der Waals surface area contributed by atoms with E-state index in [1.165, 1.54) is 64.2 Å². The van der Waals surface area contributed by atoms with Gasteiger partial charge in [0.1, 0.15) is 0 Å². The zero-order valence-electron chi connectivity index (χ0n) is 14.4. The number of likely N-dealkylation sites (N-methyl/N-ethyl adjacent to an activating group) is 1. The fourth-order valence-corrected chi connectivity index (χ4v) is 4.57. The Kier molecular flexibility index (Phi) is 6.75. The minimum atomic E-state index is 0.0339. The second-order valence-corrected chi connectivity index (χ2v) is 7.15. The third-order valence-electron chi connectivity index (χ3n) is 5.43. The lowest BCUT2D eigenvalue weighted by molar-refractivity contribution is -0.0920. The standard InChI is InChI=1S/C19H35NO/c1-4-21-19(14-10-11-16(2)15-19)18(20-3)17-12-8-6-5-7-9-13-17/h12,16,18,20H,4-11,13-15H2,1-3H3. The Balaban J connectivity index is 2.21. The Hall–Kier alpha value is -0.340. The van der Waals surface area contributed by atoms with Crippen molar-refractivity contribution in [2.24, 2.45) is 5.92 Å². The molecule has 1 fully saturated rings. The number of hydrogen-bond donors (Lipinski definition) is 1. The first kappa shape index (κ1) is 17.0. The average Bonchev–Trinajstić information content (AvgIpc) is 2.42. The zero-order valence-corrected chi connectivity index (χ0v) is 14.4. The first-order valence-electron chi connectivity index (χ1n) is 9.22. The molecule has 21 heavy (non-hydrogen) atoms. The van der Waals surface area contributed by atoms with E-state index in [9.17, 15) is 0 Å². The van der Waals surface area contributed by atoms with Gasteiger partial charge in [-0.05, 0) is 58.4 Å². The molecule has 2 rings (SSSR count). The summed E-state index contributed by atoms with van der Waals surface area (Å²) in [4.78, 5) is 0. The summed E-state index contributed by atoms with van der Waals surface area (Å²) in [5.41, 5.74) is 1.66. The van der Waals surface area contributed by atoms with Gasteiger partial charge in [0, 0.05) is 6.61 Å². The smallest absolute Gasteiger partial charge is 0.0875 e. The third kappa shape index (κ3) is 4.32. The van der Waals surface area contributed by atoms with Gasteiger partial charge in [-0.2, -0.15) is 0 Å². The Bertz CT molecular complexity index is 334. The zero-order chi connectivity index (χ0) is 15.1. The summed E-state index contributed by atoms with van der Waals surface area (Å²) in [5.74, 6) is 0.787. The Morgan fingerprint density at radius 3 is 2.81 bits per heavy atom. The maximum absolute atomic E-state index is 6.42. The highest BCUT2D eigenvalue weighted by atomic mass is 16.5. The summed E-state index contributed by atoms with van der Waals surface area (Å²) in [7, 11) is 2.13. The monoisotopic (exact) mass is 293 g/mol. The summed E-state index contributed by atoms with van der Waals surface area (Å²) in [5, 5.41) is 3.64. The normalized spacial score (nSPS) is 32.9. The van der Waals surface area contributed by atoms with Gasteiger partial charge in [-0.3, -0.25) is 0 Å². The van der Waals surface area contributed by atoms with E-state index in [1.54, 1.807) is 5.57 Å². The van der Waals surface area contributed by atoms with E-state index >= 15 is 0 Å². The van der Waals surface area contributed by atoms with Crippen LogP contribution in [0.2, 0.25) is 0 Å². The first-order chi connectivity index (χ1) is 10.2. The molecule has 0 aromatic heterocycles. The van der Waals surface area contributed by atoms with E-state index in [0.717, 1.165) is 12.5 Å². The topological polar surface area (TPSA) is 21.3 Å². The molecule has 0 amide bonds. The van der Waals surface area contributed by atoms with E-state index in [2.05, 4.69) is 32.3 Å². The van der Waals surface area contributed by atoms with Crippen LogP contribution in [-0.4, -0.2) is 25.3 Å². The average molecular weight is 293 g/mol. The maximum atomic E-state index is 6.42. The molecule has 0 aromatic carbocycles. The predicted octanol–water partition coefficient (Wildman–Crippen LogP) is 4.84. The van der Waals surface area contributed by atoms with Crippen LogP contribution in [0.1, 0.15) is 78.1 Å². The van der Waals surface area contributed by atoms with Crippen LogP contribution in [0.25, 0.3) is 0 Å². The number of rotatable bonds is 5. The van der Waals surface area contributed by atoms with Crippen molar-refractivity contribution in [3.63, 3.8) is 0 Å². The van der Waals surface area contributed by atoms with Gasteiger partial charge in [0.05, 0.1) is 11.6 Å². The van der Waals surface area contributed by atoms with Crippen molar-refractivity contribution in [3.05, 3.63) is 11.6 Å². The van der Waals surface area contributed by atoms with Crippen LogP contribution in [0.3, 0.4) is 0 Å². The molecule has 2 nitrogen and oxygen atoms in total. The molecule has 0 heterocycles. The van der Waals surface area contributed by atoms with Gasteiger partial charge in [-0.25, -0.2) is 0 Å². The molecular formula is C19H35NO. The molecule has 3 unspecified atom stereocenters. The van der Waals surface area contributed by atoms with Gasteiger partial charge in [-0.1, -0.05) is 44.3 Å². The van der Waals surface area contributed by atoms with Crippen LogP contribution in [0, 0.1) is 5.92 Å². The van der Waals surface area contributed by atoms with Crippen molar-refractivity contribution in [3.8, 4) is 0 Å². The highest BCUT2D eigenvalue weighted by molar-refractivity contribution is 5.19. The van der Waals surface area contributed by atoms with E-state index in [0.29, 0.717) is 6.04 Å². The Morgan fingerprint density at radius 2 is 2.10 bits per heavy atom. The van der Waals surface area contributed by atoms with Crippen molar-refractivity contribution in [2.45, 2.75) is 89.7 Å². The van der Waals surface area contributed by atoms with Gasteiger partial charge in [0.15, 0.2) is 0 Å². The lowest BCUT2D eigenvalue weighted by Gasteiger charge is -2.46. The van der Waals surface area contributed by atoms with Crippen molar-refractivity contribution in [1.82, 2.24) is 5.32 Å². The number of allylic oxidation sites excluding steroid dienone is 1. The number of hydrogen-bond acceptors (Lipinski definition) is 2. The molecular weight excluding hydrogens is 258 g/mol. The molecule has 0 radical (unpaired) electrons. The molecule has 0 aliphatic heterocycles. The molecule has 3 atom stereocenters. The quantitative estimate of drug-likeness (QED) is 0.732. The molecule has 2 heteroatoms. The molecule has 0 spiro atoms. The number of nitrogens with one attached hydrogen (secondary N) is 1. The van der Waals surface area contributed by atoms with Crippen LogP contribution in [0.15, 0.2) is 11.6 Å². The fraction of sp³-hybridized carbons (Fsp3) is 0.895. The minimum absolute atomic E-state index is 0.0339. The summed E-state index contributed by atoms with van der Waals surface area (Å²) in [6.45, 7) is 5.38. The summed E-state index contributed by atoms with van der Waals surface area (Å²) < 4.78 is 6.42. The van der Waals surface area contributed by atoms with Crippen LogP contribution in [0.4, 0.5) is 0 Å². The van der Waals surface area contributed by atoms with Gasteiger partial charge >= 0.3 is 0 Å². The fourth-order valence-electron chi connectivity index (χ4n) is 4.57. The van der Waals surface area contributed by atoms with Gasteiger partial charge in [0.2, 0.25) is 0 Å². The highest BCUT2D eigenvalue weighted by Gasteiger charge is 2.43. The van der Waals surface area contributed by atoms with Crippen LogP contribution >= 0.6 is 0 Å². The third-order valence-corrected chi connectivity index (χ3v) is 5.43. The molecule has 0 saturated heterocycles. The maximum Gasteiger partial charge on any atom is 0.0875 e. The van der Waals surface area contributed by atoms with E-state index in [4.69, 9.17) is 4.74 Å². The molecule has 0 bridgehead atoms. The highest BCUT2D eigenvalue weighted by Crippen LogP contribution is 2.41. The SMILES string of the molecule is CCOC1(C(NC)C2=CCCCCCC2)CCCC(C)C1. The molecule has 0 aromatic rings. The molecule has 122 valence electrons. The van der Waals surface area contributed by atoms with E-state index in [1.807, 2.05) is 0 Å². The number of ether oxygens (including phenoxy) is 1. The van der Waals surface area contributed by atoms with Gasteiger partial charge in [-0.15, -0.1) is 0 Å². The van der Waals surface area contributed by atoms with E-state index in [-0.39, 0.29) is 5.60 Å². The largest absolute Gasteiger partial charge is 0.373 e. The van der Waals surface area contributed by atoms with Crippen molar-refractivity contribution >= 4 is 0 Å². The lowest BCUT2D eigenvalue weighted by atomic mass is 9.71. The second kappa shape index (κ2) is 8.33. The molecule has 2 aliphatic rings. The minimum Gasteiger partial charge on any atom is -0.373 e. The molecule has 1 saturated carbocycles. The van der Waals surface area contributed by atoms with Gasteiger partial charge < -0.3 is 10.1 Å².